The first-order valence-electron chi connectivity index (χ1n) is 10.6. The molecule has 5 nitrogen and oxygen atoms in total. The summed E-state index contributed by atoms with van der Waals surface area (Å²) in [7, 11) is 0. The number of hydrogen-bond donors (Lipinski definition) is 1. The minimum absolute atomic E-state index is 0.0234. The summed E-state index contributed by atoms with van der Waals surface area (Å²) in [6.07, 6.45) is 6.07. The van der Waals surface area contributed by atoms with Crippen molar-refractivity contribution in [1.82, 2.24) is 10.2 Å². The number of hydrogen-bond acceptors (Lipinski definition) is 5. The molecule has 0 spiro atoms. The second-order valence-corrected chi connectivity index (χ2v) is 9.00. The molecule has 1 N–H and O–H groups in total. The number of nitrogens with one attached hydrogen (secondary N) is 1. The zero-order chi connectivity index (χ0) is 19.9. The van der Waals surface area contributed by atoms with E-state index in [-0.39, 0.29) is 11.4 Å². The zero-order valence-electron chi connectivity index (χ0n) is 16.9. The lowest BCUT2D eigenvalue weighted by molar-refractivity contribution is -0.0361. The van der Waals surface area contributed by atoms with Crippen LogP contribution in [0.2, 0.25) is 0 Å². The van der Waals surface area contributed by atoms with Gasteiger partial charge in [0.1, 0.15) is 12.4 Å². The van der Waals surface area contributed by atoms with Crippen molar-refractivity contribution >= 4 is 17.2 Å². The first kappa shape index (κ1) is 20.4. The van der Waals surface area contributed by atoms with Gasteiger partial charge >= 0.3 is 0 Å². The van der Waals surface area contributed by atoms with E-state index in [1.54, 1.807) is 11.3 Å². The maximum atomic E-state index is 12.9. The van der Waals surface area contributed by atoms with Gasteiger partial charge in [0.05, 0.1) is 13.2 Å². The number of carbonyl (C=O) groups excluding carboxylic acids is 1. The topological polar surface area (TPSA) is 50.8 Å². The molecular formula is C23H30N2O3S. The molecule has 0 bridgehead atoms. The molecular weight excluding hydrogens is 384 g/mol. The van der Waals surface area contributed by atoms with Gasteiger partial charge < -0.3 is 14.8 Å². The van der Waals surface area contributed by atoms with E-state index >= 15 is 0 Å². The number of rotatable bonds is 7. The molecule has 1 aromatic heterocycles. The summed E-state index contributed by atoms with van der Waals surface area (Å²) in [5, 5.41) is 5.27. The molecule has 2 aliphatic rings. The van der Waals surface area contributed by atoms with Crippen LogP contribution in [0.25, 0.3) is 0 Å². The molecule has 1 saturated carbocycles. The van der Waals surface area contributed by atoms with Gasteiger partial charge in [-0.2, -0.15) is 0 Å². The molecule has 2 heterocycles. The van der Waals surface area contributed by atoms with Crippen molar-refractivity contribution < 1.29 is 14.3 Å². The fourth-order valence-electron chi connectivity index (χ4n) is 4.48. The molecule has 0 unspecified atom stereocenters. The maximum Gasteiger partial charge on any atom is 0.251 e. The van der Waals surface area contributed by atoms with E-state index in [1.807, 2.05) is 35.7 Å². The molecule has 156 valence electrons. The number of carbonyl (C=O) groups is 1. The summed E-state index contributed by atoms with van der Waals surface area (Å²) in [5.41, 5.74) is 0.729. The Morgan fingerprint density at radius 1 is 1.14 bits per heavy atom. The molecule has 2 fully saturated rings. The first-order chi connectivity index (χ1) is 14.3. The van der Waals surface area contributed by atoms with Crippen molar-refractivity contribution in [1.29, 1.82) is 0 Å². The van der Waals surface area contributed by atoms with Crippen molar-refractivity contribution in [3.63, 3.8) is 0 Å². The van der Waals surface area contributed by atoms with Crippen LogP contribution in [-0.2, 0) is 11.3 Å². The highest BCUT2D eigenvalue weighted by molar-refractivity contribution is 7.09. The second kappa shape index (κ2) is 9.74. The standard InChI is InChI=1S/C23H30N2O3S/c26-22(19-6-4-7-20(16-19)28-17-21-8-5-15-29-21)24-18-23(9-2-1-3-10-23)25-11-13-27-14-12-25/h4-8,15-16H,1-3,9-14,17-18H2,(H,24,26). The molecule has 1 aromatic carbocycles. The van der Waals surface area contributed by atoms with Gasteiger partial charge in [0.25, 0.3) is 5.91 Å². The van der Waals surface area contributed by atoms with E-state index in [4.69, 9.17) is 9.47 Å². The van der Waals surface area contributed by atoms with Gasteiger partial charge in [0, 0.05) is 35.6 Å². The van der Waals surface area contributed by atoms with E-state index in [0.29, 0.717) is 18.7 Å². The van der Waals surface area contributed by atoms with Gasteiger partial charge in [-0.3, -0.25) is 9.69 Å². The summed E-state index contributed by atoms with van der Waals surface area (Å²) in [6, 6.07) is 11.6. The van der Waals surface area contributed by atoms with Crippen molar-refractivity contribution in [2.45, 2.75) is 44.2 Å². The van der Waals surface area contributed by atoms with E-state index in [1.165, 1.54) is 24.1 Å². The largest absolute Gasteiger partial charge is 0.488 e. The van der Waals surface area contributed by atoms with Crippen molar-refractivity contribution in [3.05, 3.63) is 52.2 Å². The van der Waals surface area contributed by atoms with Gasteiger partial charge in [0.15, 0.2) is 0 Å². The summed E-state index contributed by atoms with van der Waals surface area (Å²) in [6.45, 7) is 4.73. The maximum absolute atomic E-state index is 12.9. The van der Waals surface area contributed by atoms with Gasteiger partial charge in [-0.25, -0.2) is 0 Å². The first-order valence-corrected chi connectivity index (χ1v) is 11.5. The Hall–Kier alpha value is -1.89. The summed E-state index contributed by atoms with van der Waals surface area (Å²) in [4.78, 5) is 16.6. The van der Waals surface area contributed by atoms with Crippen LogP contribution in [0.1, 0.15) is 47.3 Å². The highest BCUT2D eigenvalue weighted by Gasteiger charge is 2.38. The molecule has 4 rings (SSSR count). The molecule has 1 amide bonds. The monoisotopic (exact) mass is 414 g/mol. The highest BCUT2D eigenvalue weighted by Crippen LogP contribution is 2.34. The Bertz CT molecular complexity index is 781. The molecule has 0 atom stereocenters. The molecule has 6 heteroatoms. The van der Waals surface area contributed by atoms with Crippen LogP contribution in [0.15, 0.2) is 41.8 Å². The fourth-order valence-corrected chi connectivity index (χ4v) is 5.09. The highest BCUT2D eigenvalue weighted by atomic mass is 32.1. The second-order valence-electron chi connectivity index (χ2n) is 7.96. The summed E-state index contributed by atoms with van der Waals surface area (Å²) >= 11 is 1.67. The van der Waals surface area contributed by atoms with Crippen LogP contribution in [0.3, 0.4) is 0 Å². The van der Waals surface area contributed by atoms with Crippen molar-refractivity contribution in [3.8, 4) is 5.75 Å². The van der Waals surface area contributed by atoms with Crippen LogP contribution in [0, 0.1) is 0 Å². The van der Waals surface area contributed by atoms with E-state index in [9.17, 15) is 4.79 Å². The van der Waals surface area contributed by atoms with Gasteiger partial charge in [-0.05, 0) is 42.5 Å². The Labute approximate surface area is 177 Å². The predicted octanol–water partition coefficient (Wildman–Crippen LogP) is 4.09. The fraction of sp³-hybridized carbons (Fsp3) is 0.522. The lowest BCUT2D eigenvalue weighted by Gasteiger charge is -2.48. The lowest BCUT2D eigenvalue weighted by Crippen LogP contribution is -2.59. The molecule has 0 radical (unpaired) electrons. The smallest absolute Gasteiger partial charge is 0.251 e. The third kappa shape index (κ3) is 5.18. The van der Waals surface area contributed by atoms with Crippen LogP contribution in [0.4, 0.5) is 0 Å². The summed E-state index contributed by atoms with van der Waals surface area (Å²) < 4.78 is 11.4. The van der Waals surface area contributed by atoms with Crippen LogP contribution >= 0.6 is 11.3 Å². The van der Waals surface area contributed by atoms with E-state index < -0.39 is 0 Å². The molecule has 1 aliphatic carbocycles. The van der Waals surface area contributed by atoms with Gasteiger partial charge in [-0.1, -0.05) is 31.4 Å². The normalized spacial score (nSPS) is 19.6. The Balaban J connectivity index is 1.38. The molecule has 29 heavy (non-hydrogen) atoms. The third-order valence-electron chi connectivity index (χ3n) is 6.10. The third-order valence-corrected chi connectivity index (χ3v) is 6.95. The average molecular weight is 415 g/mol. The van der Waals surface area contributed by atoms with Gasteiger partial charge in [-0.15, -0.1) is 11.3 Å². The number of thiophene rings is 1. The van der Waals surface area contributed by atoms with Gasteiger partial charge in [0.2, 0.25) is 0 Å². The summed E-state index contributed by atoms with van der Waals surface area (Å²) in [5.74, 6) is 0.705. The number of amides is 1. The Morgan fingerprint density at radius 3 is 2.72 bits per heavy atom. The number of benzene rings is 1. The van der Waals surface area contributed by atoms with E-state index in [0.717, 1.165) is 44.9 Å². The Kier molecular flexibility index (Phi) is 6.85. The van der Waals surface area contributed by atoms with Crippen LogP contribution in [0.5, 0.6) is 5.75 Å². The van der Waals surface area contributed by atoms with Crippen LogP contribution < -0.4 is 10.1 Å². The number of morpholine rings is 1. The van der Waals surface area contributed by atoms with E-state index in [2.05, 4.69) is 16.3 Å². The lowest BCUT2D eigenvalue weighted by atomic mass is 9.79. The minimum Gasteiger partial charge on any atom is -0.488 e. The molecule has 2 aromatic rings. The minimum atomic E-state index is -0.0234. The van der Waals surface area contributed by atoms with Crippen LogP contribution in [-0.4, -0.2) is 49.2 Å². The number of nitrogens with zero attached hydrogens (tertiary/aromatic N) is 1. The quantitative estimate of drug-likeness (QED) is 0.741. The number of ether oxygens (including phenoxy) is 2. The SMILES string of the molecule is O=C(NCC1(N2CCOCC2)CCCCC1)c1cccc(OCc2cccs2)c1. The van der Waals surface area contributed by atoms with Crippen molar-refractivity contribution in [2.75, 3.05) is 32.8 Å². The Morgan fingerprint density at radius 2 is 1.97 bits per heavy atom. The zero-order valence-corrected chi connectivity index (χ0v) is 17.7. The molecule has 1 aliphatic heterocycles. The molecule has 1 saturated heterocycles. The van der Waals surface area contributed by atoms with Crippen molar-refractivity contribution in [2.24, 2.45) is 0 Å². The predicted molar refractivity (Wildman–Crippen MR) is 116 cm³/mol. The average Bonchev–Trinajstić information content (AvgIpc) is 3.31.